The van der Waals surface area contributed by atoms with Gasteiger partial charge in [0.05, 0.1) is 12.5 Å². The Hall–Kier alpha value is -1.59. The van der Waals surface area contributed by atoms with Crippen molar-refractivity contribution in [3.8, 4) is 0 Å². The Morgan fingerprint density at radius 2 is 2.41 bits per heavy atom. The van der Waals surface area contributed by atoms with Crippen LogP contribution < -0.4 is 5.32 Å². The molecule has 5 nitrogen and oxygen atoms in total. The van der Waals surface area contributed by atoms with E-state index in [1.165, 1.54) is 0 Å². The summed E-state index contributed by atoms with van der Waals surface area (Å²) in [5.74, 6) is 0.566. The lowest BCUT2D eigenvalue weighted by atomic mass is 10.0. The predicted molar refractivity (Wildman–Crippen MR) is 63.2 cm³/mol. The standard InChI is InChI=1S/C12H17N3O2/c1-12(16,11-4-3-5-17-11)9-13-6-10-7-14-15(2)8-10/h3-5,7-8,13,16H,6,9H2,1-2H3. The molecule has 0 aromatic carbocycles. The van der Waals surface area contributed by atoms with Crippen LogP contribution in [0.2, 0.25) is 0 Å². The van der Waals surface area contributed by atoms with Crippen LogP contribution in [0.15, 0.2) is 35.2 Å². The lowest BCUT2D eigenvalue weighted by Gasteiger charge is -2.20. The van der Waals surface area contributed by atoms with Gasteiger partial charge in [0.1, 0.15) is 11.4 Å². The number of aryl methyl sites for hydroxylation is 1. The van der Waals surface area contributed by atoms with E-state index in [9.17, 15) is 5.11 Å². The van der Waals surface area contributed by atoms with Crippen LogP contribution in [-0.2, 0) is 19.2 Å². The molecule has 2 rings (SSSR count). The maximum Gasteiger partial charge on any atom is 0.136 e. The highest BCUT2D eigenvalue weighted by Crippen LogP contribution is 2.19. The van der Waals surface area contributed by atoms with Crippen LogP contribution in [0.25, 0.3) is 0 Å². The number of hydrogen-bond acceptors (Lipinski definition) is 4. The van der Waals surface area contributed by atoms with Crippen LogP contribution in [0.4, 0.5) is 0 Å². The minimum atomic E-state index is -0.994. The summed E-state index contributed by atoms with van der Waals surface area (Å²) in [6.45, 7) is 2.82. The number of hydrogen-bond donors (Lipinski definition) is 2. The third kappa shape index (κ3) is 2.95. The normalized spacial score (nSPS) is 14.8. The molecule has 2 heterocycles. The molecule has 0 amide bonds. The summed E-state index contributed by atoms with van der Waals surface area (Å²) >= 11 is 0. The van der Waals surface area contributed by atoms with Crippen LogP contribution in [0.5, 0.6) is 0 Å². The first-order valence-electron chi connectivity index (χ1n) is 5.52. The van der Waals surface area contributed by atoms with Gasteiger partial charge in [0.25, 0.3) is 0 Å². The third-order valence-corrected chi connectivity index (χ3v) is 2.61. The van der Waals surface area contributed by atoms with Gasteiger partial charge >= 0.3 is 0 Å². The molecule has 0 saturated heterocycles. The Kier molecular flexibility index (Phi) is 3.31. The highest BCUT2D eigenvalue weighted by molar-refractivity contribution is 5.09. The average molecular weight is 235 g/mol. The molecule has 0 saturated carbocycles. The summed E-state index contributed by atoms with van der Waals surface area (Å²) in [7, 11) is 1.88. The zero-order valence-corrected chi connectivity index (χ0v) is 10.1. The Labute approximate surface area is 100 Å². The van der Waals surface area contributed by atoms with Crippen molar-refractivity contribution in [1.29, 1.82) is 0 Å². The van der Waals surface area contributed by atoms with Crippen LogP contribution in [-0.4, -0.2) is 21.4 Å². The number of aromatic nitrogens is 2. The summed E-state index contributed by atoms with van der Waals surface area (Å²) in [6, 6.07) is 3.54. The van der Waals surface area contributed by atoms with Gasteiger partial charge in [-0.15, -0.1) is 0 Å². The van der Waals surface area contributed by atoms with Gasteiger partial charge < -0.3 is 14.8 Å². The van der Waals surface area contributed by atoms with Crippen molar-refractivity contribution in [2.24, 2.45) is 7.05 Å². The second kappa shape index (κ2) is 4.73. The van der Waals surface area contributed by atoms with Crippen molar-refractivity contribution in [3.05, 3.63) is 42.1 Å². The zero-order chi connectivity index (χ0) is 12.3. The molecule has 0 aliphatic carbocycles. The largest absolute Gasteiger partial charge is 0.466 e. The highest BCUT2D eigenvalue weighted by atomic mass is 16.4. The fraction of sp³-hybridized carbons (Fsp3) is 0.417. The molecular formula is C12H17N3O2. The van der Waals surface area contributed by atoms with Crippen molar-refractivity contribution in [1.82, 2.24) is 15.1 Å². The van der Waals surface area contributed by atoms with Gasteiger partial charge in [-0.1, -0.05) is 0 Å². The first-order valence-corrected chi connectivity index (χ1v) is 5.52. The topological polar surface area (TPSA) is 63.2 Å². The van der Waals surface area contributed by atoms with Gasteiger partial charge in [-0.25, -0.2) is 0 Å². The van der Waals surface area contributed by atoms with Crippen LogP contribution in [0, 0.1) is 0 Å². The van der Waals surface area contributed by atoms with Crippen molar-refractivity contribution < 1.29 is 9.52 Å². The van der Waals surface area contributed by atoms with Crippen molar-refractivity contribution in [2.45, 2.75) is 19.1 Å². The Morgan fingerprint density at radius 1 is 1.59 bits per heavy atom. The Balaban J connectivity index is 1.86. The van der Waals surface area contributed by atoms with E-state index in [0.717, 1.165) is 5.56 Å². The Bertz CT molecular complexity index is 460. The SMILES string of the molecule is Cn1cc(CNCC(C)(O)c2ccco2)cn1. The second-order valence-corrected chi connectivity index (χ2v) is 4.38. The molecule has 0 radical (unpaired) electrons. The van der Waals surface area contributed by atoms with E-state index in [1.807, 2.05) is 13.2 Å². The van der Waals surface area contributed by atoms with E-state index in [4.69, 9.17) is 4.42 Å². The lowest BCUT2D eigenvalue weighted by Crippen LogP contribution is -2.34. The highest BCUT2D eigenvalue weighted by Gasteiger charge is 2.25. The van der Waals surface area contributed by atoms with Crippen LogP contribution >= 0.6 is 0 Å². The third-order valence-electron chi connectivity index (χ3n) is 2.61. The summed E-state index contributed by atoms with van der Waals surface area (Å²) < 4.78 is 6.95. The number of aliphatic hydroxyl groups is 1. The molecule has 0 aliphatic heterocycles. The monoisotopic (exact) mass is 235 g/mol. The van der Waals surface area contributed by atoms with E-state index in [2.05, 4.69) is 10.4 Å². The summed E-state index contributed by atoms with van der Waals surface area (Å²) in [5.41, 5.74) is 0.0915. The first-order chi connectivity index (χ1) is 8.08. The van der Waals surface area contributed by atoms with E-state index in [0.29, 0.717) is 18.8 Å². The molecule has 2 N–H and O–H groups in total. The van der Waals surface area contributed by atoms with E-state index < -0.39 is 5.60 Å². The minimum Gasteiger partial charge on any atom is -0.466 e. The molecule has 2 aromatic heterocycles. The molecule has 2 aromatic rings. The fourth-order valence-corrected chi connectivity index (χ4v) is 1.69. The number of rotatable bonds is 5. The smallest absolute Gasteiger partial charge is 0.136 e. The molecule has 0 bridgehead atoms. The minimum absolute atomic E-state index is 0.426. The van der Waals surface area contributed by atoms with E-state index >= 15 is 0 Å². The predicted octanol–water partition coefficient (Wildman–Crippen LogP) is 1.01. The molecule has 1 atom stereocenters. The molecule has 0 fully saturated rings. The van der Waals surface area contributed by atoms with Gasteiger partial charge in [-0.3, -0.25) is 4.68 Å². The first kappa shape index (κ1) is 11.9. The van der Waals surface area contributed by atoms with Crippen molar-refractivity contribution >= 4 is 0 Å². The maximum atomic E-state index is 10.2. The van der Waals surface area contributed by atoms with E-state index in [-0.39, 0.29) is 0 Å². The fourth-order valence-electron chi connectivity index (χ4n) is 1.69. The molecule has 92 valence electrons. The van der Waals surface area contributed by atoms with Crippen LogP contribution in [0.1, 0.15) is 18.2 Å². The van der Waals surface area contributed by atoms with E-state index in [1.54, 1.807) is 36.2 Å². The number of furan rings is 1. The summed E-state index contributed by atoms with van der Waals surface area (Å²) in [6.07, 6.45) is 5.30. The second-order valence-electron chi connectivity index (χ2n) is 4.38. The average Bonchev–Trinajstić information content (AvgIpc) is 2.89. The molecule has 5 heteroatoms. The maximum absolute atomic E-state index is 10.2. The van der Waals surface area contributed by atoms with Crippen molar-refractivity contribution in [2.75, 3.05) is 6.54 Å². The summed E-state index contributed by atoms with van der Waals surface area (Å²) in [5, 5.41) is 17.4. The summed E-state index contributed by atoms with van der Waals surface area (Å²) in [4.78, 5) is 0. The zero-order valence-electron chi connectivity index (χ0n) is 10.1. The van der Waals surface area contributed by atoms with Gasteiger partial charge in [0, 0.05) is 31.9 Å². The molecule has 1 unspecified atom stereocenters. The van der Waals surface area contributed by atoms with Crippen LogP contribution in [0.3, 0.4) is 0 Å². The molecule has 0 spiro atoms. The molecular weight excluding hydrogens is 218 g/mol. The van der Waals surface area contributed by atoms with Gasteiger partial charge in [0.2, 0.25) is 0 Å². The Morgan fingerprint density at radius 3 is 3.00 bits per heavy atom. The lowest BCUT2D eigenvalue weighted by molar-refractivity contribution is 0.0340. The van der Waals surface area contributed by atoms with Gasteiger partial charge in [0.15, 0.2) is 0 Å². The van der Waals surface area contributed by atoms with Gasteiger partial charge in [-0.2, -0.15) is 5.10 Å². The quantitative estimate of drug-likeness (QED) is 0.812. The number of nitrogens with zero attached hydrogens (tertiary/aromatic N) is 2. The van der Waals surface area contributed by atoms with Gasteiger partial charge in [-0.05, 0) is 19.1 Å². The molecule has 17 heavy (non-hydrogen) atoms. The molecule has 0 aliphatic rings. The number of nitrogens with one attached hydrogen (secondary N) is 1. The van der Waals surface area contributed by atoms with Crippen molar-refractivity contribution in [3.63, 3.8) is 0 Å².